The zero-order valence-electron chi connectivity index (χ0n) is 20.7. The highest BCUT2D eigenvalue weighted by Gasteiger charge is 2.22. The Morgan fingerprint density at radius 1 is 0.974 bits per heavy atom. The van der Waals surface area contributed by atoms with E-state index < -0.39 is 16.0 Å². The van der Waals surface area contributed by atoms with Crippen LogP contribution in [-0.2, 0) is 10.0 Å². The highest BCUT2D eigenvalue weighted by molar-refractivity contribution is 7.92. The number of anilines is 3. The molecule has 38 heavy (non-hydrogen) atoms. The molecule has 0 unspecified atom stereocenters. The van der Waals surface area contributed by atoms with E-state index in [1.54, 1.807) is 36.5 Å². The molecule has 0 atom stereocenters. The molecule has 5 rings (SSSR count). The molecule has 2 aromatic heterocycles. The average molecular weight is 534 g/mol. The fraction of sp³-hybridized carbons (Fsp3) is 0.222. The quantitative estimate of drug-likeness (QED) is 0.347. The fourth-order valence-electron chi connectivity index (χ4n) is 4.42. The lowest BCUT2D eigenvalue weighted by molar-refractivity contribution is 0.0699. The number of hydrogen-bond donors (Lipinski definition) is 2. The van der Waals surface area contributed by atoms with Crippen molar-refractivity contribution in [3.63, 3.8) is 0 Å². The van der Waals surface area contributed by atoms with Gasteiger partial charge in [-0.1, -0.05) is 6.07 Å². The van der Waals surface area contributed by atoms with Crippen molar-refractivity contribution in [1.29, 1.82) is 0 Å². The van der Waals surface area contributed by atoms with Crippen LogP contribution in [0.25, 0.3) is 10.9 Å². The Bertz CT molecular complexity index is 1550. The Morgan fingerprint density at radius 3 is 2.32 bits per heavy atom. The van der Waals surface area contributed by atoms with Crippen LogP contribution in [0.3, 0.4) is 0 Å². The number of aromatic nitrogens is 2. The number of rotatable bonds is 8. The number of benzene rings is 2. The summed E-state index contributed by atoms with van der Waals surface area (Å²) >= 11 is 0. The lowest BCUT2D eigenvalue weighted by Crippen LogP contribution is -2.47. The van der Waals surface area contributed by atoms with Crippen molar-refractivity contribution >= 4 is 44.2 Å². The van der Waals surface area contributed by atoms with Crippen molar-refractivity contribution in [2.75, 3.05) is 47.3 Å². The monoisotopic (exact) mass is 533 g/mol. The highest BCUT2D eigenvalue weighted by Crippen LogP contribution is 2.28. The zero-order valence-corrected chi connectivity index (χ0v) is 21.6. The van der Waals surface area contributed by atoms with Gasteiger partial charge in [-0.05, 0) is 67.6 Å². The normalized spacial score (nSPS) is 13.9. The van der Waals surface area contributed by atoms with Gasteiger partial charge in [0.2, 0.25) is 0 Å². The molecule has 1 fully saturated rings. The predicted octanol–water partition coefficient (Wildman–Crippen LogP) is 3.85. The Labute approximate surface area is 220 Å². The minimum atomic E-state index is -3.89. The van der Waals surface area contributed by atoms with Gasteiger partial charge < -0.3 is 19.6 Å². The van der Waals surface area contributed by atoms with Crippen LogP contribution in [0.5, 0.6) is 5.75 Å². The van der Waals surface area contributed by atoms with Gasteiger partial charge in [0.25, 0.3) is 10.0 Å². The molecular formula is C27H27N5O5S. The van der Waals surface area contributed by atoms with Crippen LogP contribution in [0, 0.1) is 0 Å². The van der Waals surface area contributed by atoms with E-state index in [0.717, 1.165) is 18.9 Å². The number of pyridine rings is 2. The second kappa shape index (κ2) is 10.5. The fourth-order valence-corrected chi connectivity index (χ4v) is 5.46. The molecular weight excluding hydrogens is 506 g/mol. The van der Waals surface area contributed by atoms with Crippen LogP contribution in [0.2, 0.25) is 0 Å². The van der Waals surface area contributed by atoms with Gasteiger partial charge in [-0.3, -0.25) is 4.72 Å². The largest absolute Gasteiger partial charge is 0.494 e. The Kier molecular flexibility index (Phi) is 7.01. The maximum atomic E-state index is 12.9. The predicted molar refractivity (Wildman–Crippen MR) is 146 cm³/mol. The van der Waals surface area contributed by atoms with E-state index in [0.29, 0.717) is 42.2 Å². The topological polar surface area (TPSA) is 125 Å². The summed E-state index contributed by atoms with van der Waals surface area (Å²) in [7, 11) is -3.89. The van der Waals surface area contributed by atoms with E-state index in [1.165, 1.54) is 18.2 Å². The summed E-state index contributed by atoms with van der Waals surface area (Å²) in [5, 5.41) is 10.3. The number of piperazine rings is 1. The Hall–Kier alpha value is -4.38. The van der Waals surface area contributed by atoms with Gasteiger partial charge in [0.15, 0.2) is 0 Å². The van der Waals surface area contributed by atoms with E-state index in [4.69, 9.17) is 9.72 Å². The summed E-state index contributed by atoms with van der Waals surface area (Å²) in [6.07, 6.45) is 1.76. The standard InChI is InChI=1S/C27H27N5O5S/c1-2-37-20-7-9-21(10-8-20)38(35,36)30-19-6-11-24-22(17-19)23(27(33)34)18-26(29-24)32-15-13-31(14-16-32)25-5-3-4-12-28-25/h3-12,17-18,30H,2,13-16H2,1H3,(H,33,34). The number of nitrogens with one attached hydrogen (secondary N) is 1. The van der Waals surface area contributed by atoms with Gasteiger partial charge in [-0.2, -0.15) is 0 Å². The van der Waals surface area contributed by atoms with Crippen molar-refractivity contribution in [3.8, 4) is 5.75 Å². The summed E-state index contributed by atoms with van der Waals surface area (Å²) in [6, 6.07) is 18.1. The lowest BCUT2D eigenvalue weighted by atomic mass is 10.1. The molecule has 4 aromatic rings. The number of hydrogen-bond acceptors (Lipinski definition) is 8. The van der Waals surface area contributed by atoms with Crippen LogP contribution in [0.1, 0.15) is 17.3 Å². The minimum absolute atomic E-state index is 0.0549. The molecule has 0 saturated carbocycles. The SMILES string of the molecule is CCOc1ccc(S(=O)(=O)Nc2ccc3nc(N4CCN(c5ccccn5)CC4)cc(C(=O)O)c3c2)cc1. The molecule has 0 aliphatic carbocycles. The maximum absolute atomic E-state index is 12.9. The first kappa shape index (κ1) is 25.3. The smallest absolute Gasteiger partial charge is 0.336 e. The Morgan fingerprint density at radius 2 is 1.68 bits per heavy atom. The summed E-state index contributed by atoms with van der Waals surface area (Å²) in [5.41, 5.74) is 0.766. The number of ether oxygens (including phenoxy) is 1. The molecule has 11 heteroatoms. The summed E-state index contributed by atoms with van der Waals surface area (Å²) < 4.78 is 33.7. The second-order valence-corrected chi connectivity index (χ2v) is 10.4. The van der Waals surface area contributed by atoms with Crippen molar-refractivity contribution < 1.29 is 23.1 Å². The Balaban J connectivity index is 1.38. The summed E-state index contributed by atoms with van der Waals surface area (Å²) in [6.45, 7) is 5.10. The molecule has 0 bridgehead atoms. The third kappa shape index (κ3) is 5.32. The molecule has 1 aliphatic heterocycles. The van der Waals surface area contributed by atoms with Gasteiger partial charge in [0.1, 0.15) is 17.4 Å². The van der Waals surface area contributed by atoms with Crippen LogP contribution in [-0.4, -0.2) is 62.2 Å². The van der Waals surface area contributed by atoms with Gasteiger partial charge in [0, 0.05) is 43.4 Å². The summed E-state index contributed by atoms with van der Waals surface area (Å²) in [4.78, 5) is 25.6. The molecule has 1 aliphatic rings. The van der Waals surface area contributed by atoms with E-state index in [9.17, 15) is 18.3 Å². The molecule has 2 N–H and O–H groups in total. The van der Waals surface area contributed by atoms with E-state index in [-0.39, 0.29) is 16.1 Å². The first-order valence-electron chi connectivity index (χ1n) is 12.2. The number of carboxylic acid groups (broad SMARTS) is 1. The van der Waals surface area contributed by atoms with Crippen molar-refractivity contribution in [2.24, 2.45) is 0 Å². The molecule has 2 aromatic carbocycles. The molecule has 0 radical (unpaired) electrons. The number of sulfonamides is 1. The number of aromatic carboxylic acids is 1. The second-order valence-electron chi connectivity index (χ2n) is 8.74. The lowest BCUT2D eigenvalue weighted by Gasteiger charge is -2.36. The van der Waals surface area contributed by atoms with Crippen LogP contribution >= 0.6 is 0 Å². The van der Waals surface area contributed by atoms with Crippen LogP contribution < -0.4 is 19.3 Å². The van der Waals surface area contributed by atoms with E-state index >= 15 is 0 Å². The van der Waals surface area contributed by atoms with Gasteiger partial charge in [-0.25, -0.2) is 23.2 Å². The van der Waals surface area contributed by atoms with Crippen molar-refractivity contribution in [3.05, 3.63) is 78.5 Å². The highest BCUT2D eigenvalue weighted by atomic mass is 32.2. The van der Waals surface area contributed by atoms with Crippen molar-refractivity contribution in [2.45, 2.75) is 11.8 Å². The molecule has 3 heterocycles. The maximum Gasteiger partial charge on any atom is 0.336 e. The van der Waals surface area contributed by atoms with Crippen molar-refractivity contribution in [1.82, 2.24) is 9.97 Å². The average Bonchev–Trinajstić information content (AvgIpc) is 2.93. The zero-order chi connectivity index (χ0) is 26.7. The third-order valence-corrected chi connectivity index (χ3v) is 7.70. The number of fused-ring (bicyclic) bond motifs is 1. The van der Waals surface area contributed by atoms with E-state index in [1.807, 2.05) is 30.0 Å². The van der Waals surface area contributed by atoms with Crippen LogP contribution in [0.4, 0.5) is 17.3 Å². The molecule has 196 valence electrons. The number of carbonyl (C=O) groups is 1. The third-order valence-electron chi connectivity index (χ3n) is 6.30. The molecule has 0 spiro atoms. The minimum Gasteiger partial charge on any atom is -0.494 e. The molecule has 1 saturated heterocycles. The van der Waals surface area contributed by atoms with E-state index in [2.05, 4.69) is 14.6 Å². The van der Waals surface area contributed by atoms with Gasteiger partial charge in [0.05, 0.1) is 22.6 Å². The van der Waals surface area contributed by atoms with Crippen LogP contribution in [0.15, 0.2) is 77.8 Å². The molecule has 0 amide bonds. The van der Waals surface area contributed by atoms with Gasteiger partial charge in [-0.15, -0.1) is 0 Å². The summed E-state index contributed by atoms with van der Waals surface area (Å²) in [5.74, 6) is 0.934. The van der Waals surface area contributed by atoms with Gasteiger partial charge >= 0.3 is 5.97 Å². The number of nitrogens with zero attached hydrogens (tertiary/aromatic N) is 4. The first-order valence-corrected chi connectivity index (χ1v) is 13.7. The molecule has 10 nitrogen and oxygen atoms in total. The number of carboxylic acids is 1. The first-order chi connectivity index (χ1) is 18.3.